The second-order valence-electron chi connectivity index (χ2n) is 7.58. The summed E-state index contributed by atoms with van der Waals surface area (Å²) >= 11 is 12.0. The average molecular weight is 519 g/mol. The van der Waals surface area contributed by atoms with Crippen LogP contribution in [0.5, 0.6) is 0 Å². The van der Waals surface area contributed by atoms with Gasteiger partial charge in [0, 0.05) is 18.1 Å². The molecule has 0 unspecified atom stereocenters. The molecule has 0 aromatic heterocycles. The summed E-state index contributed by atoms with van der Waals surface area (Å²) < 4.78 is 33.0. The van der Waals surface area contributed by atoms with Crippen molar-refractivity contribution >= 4 is 50.8 Å². The average Bonchev–Trinajstić information content (AvgIpc) is 3.27. The maximum atomic E-state index is 13.3. The molecule has 0 aliphatic carbocycles. The van der Waals surface area contributed by atoms with E-state index in [0.29, 0.717) is 17.1 Å². The lowest BCUT2D eigenvalue weighted by atomic mass is 10.2. The van der Waals surface area contributed by atoms with Crippen molar-refractivity contribution in [2.45, 2.75) is 17.9 Å². The lowest BCUT2D eigenvalue weighted by molar-refractivity contribution is -0.124. The predicted molar refractivity (Wildman–Crippen MR) is 130 cm³/mol. The fourth-order valence-electron chi connectivity index (χ4n) is 3.57. The Hall–Kier alpha value is -3.07. The van der Waals surface area contributed by atoms with Crippen LogP contribution in [0.4, 0.5) is 5.69 Å². The summed E-state index contributed by atoms with van der Waals surface area (Å²) in [4.78, 5) is 24.4. The van der Waals surface area contributed by atoms with E-state index in [1.54, 1.807) is 36.4 Å². The van der Waals surface area contributed by atoms with Crippen LogP contribution in [0, 0.1) is 0 Å². The zero-order valence-electron chi connectivity index (χ0n) is 17.8. The number of fused-ring (bicyclic) bond motifs is 1. The number of hydrogen-bond acceptors (Lipinski definition) is 5. The number of ether oxygens (including phenoxy) is 1. The van der Waals surface area contributed by atoms with E-state index in [9.17, 15) is 18.0 Å². The molecule has 0 bridgehead atoms. The quantitative estimate of drug-likeness (QED) is 0.472. The maximum absolute atomic E-state index is 13.3. The van der Waals surface area contributed by atoms with Crippen molar-refractivity contribution in [2.24, 2.45) is 0 Å². The molecule has 0 saturated carbocycles. The molecule has 0 spiro atoms. The zero-order valence-corrected chi connectivity index (χ0v) is 20.2. The molecule has 176 valence electrons. The van der Waals surface area contributed by atoms with Crippen LogP contribution < -0.4 is 9.62 Å². The van der Waals surface area contributed by atoms with E-state index in [-0.39, 0.29) is 28.6 Å². The number of sulfonamides is 1. The molecule has 1 aliphatic heterocycles. The second kappa shape index (κ2) is 10.0. The third-order valence-corrected chi connectivity index (χ3v) is 7.86. The number of nitrogens with zero attached hydrogens (tertiary/aromatic N) is 1. The van der Waals surface area contributed by atoms with Gasteiger partial charge < -0.3 is 10.1 Å². The van der Waals surface area contributed by atoms with Crippen LogP contribution in [0.3, 0.4) is 0 Å². The van der Waals surface area contributed by atoms with E-state index in [4.69, 9.17) is 27.9 Å². The molecular formula is C24H20Cl2N2O5S. The summed E-state index contributed by atoms with van der Waals surface area (Å²) in [5, 5.41) is 3.21. The van der Waals surface area contributed by atoms with Gasteiger partial charge in [-0.15, -0.1) is 0 Å². The molecule has 0 radical (unpaired) electrons. The van der Waals surface area contributed by atoms with Gasteiger partial charge in [0.05, 0.1) is 16.3 Å². The van der Waals surface area contributed by atoms with Gasteiger partial charge in [-0.1, -0.05) is 53.5 Å². The lowest BCUT2D eigenvalue weighted by Gasteiger charge is -2.20. The Kier molecular flexibility index (Phi) is 7.11. The number of rotatable bonds is 7. The number of nitrogens with one attached hydrogen (secondary N) is 1. The Bertz CT molecular complexity index is 1340. The van der Waals surface area contributed by atoms with Crippen LogP contribution in [-0.2, 0) is 32.5 Å². The van der Waals surface area contributed by atoms with E-state index in [0.717, 1.165) is 11.1 Å². The number of anilines is 1. The smallest absolute Gasteiger partial charge is 0.338 e. The molecular weight excluding hydrogens is 499 g/mol. The van der Waals surface area contributed by atoms with Gasteiger partial charge in [-0.25, -0.2) is 13.2 Å². The van der Waals surface area contributed by atoms with Gasteiger partial charge >= 0.3 is 5.97 Å². The van der Waals surface area contributed by atoms with Crippen LogP contribution in [0.15, 0.2) is 71.6 Å². The number of halogens is 2. The molecule has 10 heteroatoms. The molecule has 34 heavy (non-hydrogen) atoms. The summed E-state index contributed by atoms with van der Waals surface area (Å²) in [5.74, 6) is -1.34. The highest BCUT2D eigenvalue weighted by atomic mass is 35.5. The van der Waals surface area contributed by atoms with Gasteiger partial charge in [-0.3, -0.25) is 9.10 Å². The fourth-order valence-corrected chi connectivity index (χ4v) is 5.71. The first-order valence-corrected chi connectivity index (χ1v) is 12.5. The molecule has 1 aliphatic rings. The van der Waals surface area contributed by atoms with E-state index < -0.39 is 28.5 Å². The summed E-state index contributed by atoms with van der Waals surface area (Å²) in [6.07, 6.45) is 0.583. The SMILES string of the molecule is O=C(COC(=O)c1ccc(Cl)c(S(=O)(=O)N2CCc3ccccc32)c1)NCc1ccc(Cl)cc1. The summed E-state index contributed by atoms with van der Waals surface area (Å²) in [6, 6.07) is 18.0. The molecule has 3 aromatic carbocycles. The fraction of sp³-hybridized carbons (Fsp3) is 0.167. The normalized spacial score (nSPS) is 12.8. The van der Waals surface area contributed by atoms with Crippen molar-refractivity contribution in [2.75, 3.05) is 17.5 Å². The number of amides is 1. The topological polar surface area (TPSA) is 92.8 Å². The van der Waals surface area contributed by atoms with Gasteiger partial charge in [0.2, 0.25) is 0 Å². The first-order valence-electron chi connectivity index (χ1n) is 10.3. The molecule has 3 aromatic rings. The molecule has 1 amide bonds. The second-order valence-corrected chi connectivity index (χ2v) is 10.3. The number of carbonyl (C=O) groups excluding carboxylic acids is 2. The molecule has 0 saturated heterocycles. The third-order valence-electron chi connectivity index (χ3n) is 5.32. The summed E-state index contributed by atoms with van der Waals surface area (Å²) in [6.45, 7) is 0.00526. The molecule has 7 nitrogen and oxygen atoms in total. The zero-order chi connectivity index (χ0) is 24.3. The van der Waals surface area contributed by atoms with E-state index >= 15 is 0 Å². The first kappa shape index (κ1) is 24.1. The summed E-state index contributed by atoms with van der Waals surface area (Å²) in [5.41, 5.74) is 2.31. The number of carbonyl (C=O) groups is 2. The Balaban J connectivity index is 1.43. The van der Waals surface area contributed by atoms with Gasteiger partial charge in [-0.2, -0.15) is 0 Å². The number of benzene rings is 3. The third kappa shape index (κ3) is 5.19. The monoisotopic (exact) mass is 518 g/mol. The van der Waals surface area contributed by atoms with Gasteiger partial charge in [-0.05, 0) is 53.9 Å². The Morgan fingerprint density at radius 1 is 1.00 bits per heavy atom. The Morgan fingerprint density at radius 3 is 2.50 bits per heavy atom. The van der Waals surface area contributed by atoms with Crippen LogP contribution in [0.2, 0.25) is 10.0 Å². The van der Waals surface area contributed by atoms with Crippen molar-refractivity contribution < 1.29 is 22.7 Å². The maximum Gasteiger partial charge on any atom is 0.338 e. The van der Waals surface area contributed by atoms with E-state index in [1.807, 2.05) is 12.1 Å². The van der Waals surface area contributed by atoms with Crippen molar-refractivity contribution in [1.29, 1.82) is 0 Å². The van der Waals surface area contributed by atoms with Crippen molar-refractivity contribution in [3.63, 3.8) is 0 Å². The molecule has 0 fully saturated rings. The molecule has 0 atom stereocenters. The minimum Gasteiger partial charge on any atom is -0.452 e. The van der Waals surface area contributed by atoms with Crippen molar-refractivity contribution in [3.8, 4) is 0 Å². The highest BCUT2D eigenvalue weighted by Gasteiger charge is 2.32. The molecule has 1 heterocycles. The van der Waals surface area contributed by atoms with Crippen LogP contribution in [-0.4, -0.2) is 33.4 Å². The molecule has 1 N–H and O–H groups in total. The minimum absolute atomic E-state index is 0.0124. The number of hydrogen-bond donors (Lipinski definition) is 1. The van der Waals surface area contributed by atoms with Gasteiger partial charge in [0.15, 0.2) is 6.61 Å². The van der Waals surface area contributed by atoms with E-state index in [2.05, 4.69) is 5.32 Å². The highest BCUT2D eigenvalue weighted by molar-refractivity contribution is 7.93. The predicted octanol–water partition coefficient (Wildman–Crippen LogP) is 4.22. The first-order chi connectivity index (χ1) is 16.3. The van der Waals surface area contributed by atoms with Crippen LogP contribution in [0.25, 0.3) is 0 Å². The Morgan fingerprint density at radius 2 is 1.74 bits per heavy atom. The van der Waals surface area contributed by atoms with Crippen LogP contribution >= 0.6 is 23.2 Å². The summed E-state index contributed by atoms with van der Waals surface area (Å²) in [7, 11) is -4.01. The van der Waals surface area contributed by atoms with Gasteiger partial charge in [0.25, 0.3) is 15.9 Å². The van der Waals surface area contributed by atoms with Crippen molar-refractivity contribution in [1.82, 2.24) is 5.32 Å². The molecule has 4 rings (SSSR count). The van der Waals surface area contributed by atoms with E-state index in [1.165, 1.54) is 22.5 Å². The largest absolute Gasteiger partial charge is 0.452 e. The standard InChI is InChI=1S/C24H20Cl2N2O5S/c25-19-8-5-16(6-9-19)14-27-23(29)15-33-24(30)18-7-10-20(26)22(13-18)34(31,32)28-12-11-17-3-1-2-4-21(17)28/h1-10,13H,11-12,14-15H2,(H,27,29). The number of esters is 1. The van der Waals surface area contributed by atoms with Crippen molar-refractivity contribution in [3.05, 3.63) is 93.5 Å². The number of para-hydroxylation sites is 1. The highest BCUT2D eigenvalue weighted by Crippen LogP contribution is 2.35. The minimum atomic E-state index is -4.01. The Labute approximate surface area is 207 Å². The van der Waals surface area contributed by atoms with Gasteiger partial charge in [0.1, 0.15) is 4.90 Å². The lowest BCUT2D eigenvalue weighted by Crippen LogP contribution is -2.30. The van der Waals surface area contributed by atoms with Crippen LogP contribution in [0.1, 0.15) is 21.5 Å².